The van der Waals surface area contributed by atoms with E-state index in [2.05, 4.69) is 5.32 Å². The molecule has 1 fully saturated rings. The first-order chi connectivity index (χ1) is 18.0. The van der Waals surface area contributed by atoms with Gasteiger partial charge in [-0.05, 0) is 36.6 Å². The van der Waals surface area contributed by atoms with Crippen LogP contribution < -0.4 is 5.32 Å². The lowest BCUT2D eigenvalue weighted by molar-refractivity contribution is -0.153. The van der Waals surface area contributed by atoms with Crippen molar-refractivity contribution in [1.82, 2.24) is 4.90 Å². The van der Waals surface area contributed by atoms with Crippen molar-refractivity contribution in [3.05, 3.63) is 108 Å². The maximum atomic E-state index is 12.8. The van der Waals surface area contributed by atoms with Gasteiger partial charge in [-0.25, -0.2) is 0 Å². The largest absolute Gasteiger partial charge is 0.455 e. The van der Waals surface area contributed by atoms with E-state index in [1.807, 2.05) is 36.4 Å². The van der Waals surface area contributed by atoms with Crippen molar-refractivity contribution >= 4 is 35.3 Å². The second-order valence-corrected chi connectivity index (χ2v) is 8.74. The monoisotopic (exact) mass is 496 g/mol. The van der Waals surface area contributed by atoms with E-state index in [4.69, 9.17) is 4.74 Å². The number of piperidine rings is 1. The minimum absolute atomic E-state index is 0.0984. The zero-order valence-electron chi connectivity index (χ0n) is 20.3. The highest BCUT2D eigenvalue weighted by atomic mass is 16.5. The number of ether oxygens (including phenoxy) is 1. The lowest BCUT2D eigenvalue weighted by atomic mass is 9.97. The average Bonchev–Trinajstić information content (AvgIpc) is 2.95. The van der Waals surface area contributed by atoms with Crippen LogP contribution >= 0.6 is 0 Å². The number of esters is 1. The molecule has 0 aromatic heterocycles. The van der Waals surface area contributed by atoms with Crippen molar-refractivity contribution in [1.29, 1.82) is 0 Å². The number of likely N-dealkylation sites (tertiary alicyclic amines) is 1. The molecule has 1 N–H and O–H groups in total. The van der Waals surface area contributed by atoms with Crippen molar-refractivity contribution in [2.24, 2.45) is 5.92 Å². The molecule has 7 nitrogen and oxygen atoms in total. The highest BCUT2D eigenvalue weighted by molar-refractivity contribution is 6.13. The second kappa shape index (κ2) is 12.4. The highest BCUT2D eigenvalue weighted by Crippen LogP contribution is 2.21. The number of benzene rings is 3. The van der Waals surface area contributed by atoms with Gasteiger partial charge in [-0.15, -0.1) is 0 Å². The van der Waals surface area contributed by atoms with E-state index in [0.29, 0.717) is 42.7 Å². The van der Waals surface area contributed by atoms with E-state index in [-0.39, 0.29) is 17.6 Å². The van der Waals surface area contributed by atoms with Gasteiger partial charge in [-0.2, -0.15) is 0 Å². The molecule has 7 heteroatoms. The molecule has 1 saturated heterocycles. The Morgan fingerprint density at radius 2 is 1.46 bits per heavy atom. The van der Waals surface area contributed by atoms with Gasteiger partial charge in [-0.3, -0.25) is 19.2 Å². The third kappa shape index (κ3) is 7.01. The topological polar surface area (TPSA) is 92.8 Å². The molecule has 0 spiro atoms. The Morgan fingerprint density at radius 1 is 0.838 bits per heavy atom. The number of hydrogen-bond donors (Lipinski definition) is 1. The lowest BCUT2D eigenvalue weighted by Gasteiger charge is -2.30. The third-order valence-electron chi connectivity index (χ3n) is 6.19. The number of ketones is 1. The van der Waals surface area contributed by atoms with E-state index in [1.165, 1.54) is 0 Å². The summed E-state index contributed by atoms with van der Waals surface area (Å²) in [6.07, 6.45) is 4.26. The van der Waals surface area contributed by atoms with Crippen LogP contribution in [0.4, 0.5) is 5.69 Å². The van der Waals surface area contributed by atoms with Gasteiger partial charge in [0.1, 0.15) is 0 Å². The number of nitrogens with zero attached hydrogens (tertiary/aromatic N) is 1. The molecule has 3 aromatic rings. The summed E-state index contributed by atoms with van der Waals surface area (Å²) in [5.41, 5.74) is 2.16. The van der Waals surface area contributed by atoms with Crippen LogP contribution in [0.1, 0.15) is 34.3 Å². The van der Waals surface area contributed by atoms with Crippen LogP contribution in [0.2, 0.25) is 0 Å². The van der Waals surface area contributed by atoms with Crippen molar-refractivity contribution in [3.63, 3.8) is 0 Å². The molecule has 0 saturated carbocycles. The molecular formula is C30H28N2O5. The highest BCUT2D eigenvalue weighted by Gasteiger charge is 2.28. The minimum Gasteiger partial charge on any atom is -0.455 e. The van der Waals surface area contributed by atoms with Crippen molar-refractivity contribution in [2.45, 2.75) is 12.8 Å². The second-order valence-electron chi connectivity index (χ2n) is 8.74. The summed E-state index contributed by atoms with van der Waals surface area (Å²) in [6.45, 7) is 0.434. The Hall–Kier alpha value is -4.52. The molecule has 37 heavy (non-hydrogen) atoms. The Labute approximate surface area is 215 Å². The van der Waals surface area contributed by atoms with Gasteiger partial charge in [0.2, 0.25) is 5.91 Å². The Morgan fingerprint density at radius 3 is 2.16 bits per heavy atom. The predicted molar refractivity (Wildman–Crippen MR) is 141 cm³/mol. The normalized spacial score (nSPS) is 13.8. The number of carbonyl (C=O) groups is 4. The summed E-state index contributed by atoms with van der Waals surface area (Å²) in [5.74, 6) is -1.68. The van der Waals surface area contributed by atoms with E-state index in [9.17, 15) is 19.2 Å². The molecule has 188 valence electrons. The van der Waals surface area contributed by atoms with Gasteiger partial charge in [0, 0.05) is 30.3 Å². The summed E-state index contributed by atoms with van der Waals surface area (Å²) in [6, 6.07) is 25.1. The van der Waals surface area contributed by atoms with E-state index >= 15 is 0 Å². The zero-order chi connectivity index (χ0) is 26.0. The van der Waals surface area contributed by atoms with Gasteiger partial charge in [0.15, 0.2) is 12.4 Å². The number of amides is 2. The molecule has 3 aromatic carbocycles. The molecule has 4 rings (SSSR count). The number of hydrogen-bond acceptors (Lipinski definition) is 5. The third-order valence-corrected chi connectivity index (χ3v) is 6.19. The zero-order valence-corrected chi connectivity index (χ0v) is 20.3. The minimum atomic E-state index is -0.527. The van der Waals surface area contributed by atoms with Gasteiger partial charge in [0.25, 0.3) is 5.91 Å². The Bertz CT molecular complexity index is 1280. The smallest absolute Gasteiger partial charge is 0.309 e. The van der Waals surface area contributed by atoms with Gasteiger partial charge >= 0.3 is 5.97 Å². The first-order valence-electron chi connectivity index (χ1n) is 12.2. The van der Waals surface area contributed by atoms with Crippen molar-refractivity contribution in [2.75, 3.05) is 25.0 Å². The fraction of sp³-hybridized carbons (Fsp3) is 0.200. The summed E-state index contributed by atoms with van der Waals surface area (Å²) >= 11 is 0. The molecule has 0 unspecified atom stereocenters. The Balaban J connectivity index is 1.24. The summed E-state index contributed by atoms with van der Waals surface area (Å²) in [5, 5.41) is 2.67. The SMILES string of the molecule is O=C(COC(=O)C1CCN(C(=O)/C=C/c2ccccc2)CC1)Nc1ccccc1C(=O)c1ccccc1. The van der Waals surface area contributed by atoms with Crippen LogP contribution in [-0.4, -0.2) is 48.2 Å². The van der Waals surface area contributed by atoms with Gasteiger partial charge in [-0.1, -0.05) is 72.8 Å². The van der Waals surface area contributed by atoms with Crippen LogP contribution in [-0.2, 0) is 19.1 Å². The molecule has 2 amide bonds. The fourth-order valence-corrected chi connectivity index (χ4v) is 4.15. The van der Waals surface area contributed by atoms with E-state index in [0.717, 1.165) is 5.56 Å². The van der Waals surface area contributed by atoms with E-state index in [1.54, 1.807) is 65.6 Å². The molecule has 0 radical (unpaired) electrons. The van der Waals surface area contributed by atoms with Crippen LogP contribution in [0.25, 0.3) is 6.08 Å². The van der Waals surface area contributed by atoms with Crippen LogP contribution in [0.3, 0.4) is 0 Å². The fourth-order valence-electron chi connectivity index (χ4n) is 4.15. The van der Waals surface area contributed by atoms with Crippen molar-refractivity contribution in [3.8, 4) is 0 Å². The average molecular weight is 497 g/mol. The standard InChI is InChI=1S/C30H28N2O5/c33-27(31-26-14-8-7-13-25(26)29(35)23-11-5-2-6-12-23)21-37-30(36)24-17-19-32(20-18-24)28(34)16-15-22-9-3-1-4-10-22/h1-16,24H,17-21H2,(H,31,33)/b16-15+. The number of para-hydroxylation sites is 1. The first kappa shape index (κ1) is 25.6. The number of anilines is 1. The first-order valence-corrected chi connectivity index (χ1v) is 12.2. The van der Waals surface area contributed by atoms with Crippen LogP contribution in [0, 0.1) is 5.92 Å². The molecule has 0 aliphatic carbocycles. The molecular weight excluding hydrogens is 468 g/mol. The maximum absolute atomic E-state index is 12.8. The van der Waals surface area contributed by atoms with Gasteiger partial charge < -0.3 is 15.0 Å². The Kier molecular flexibility index (Phi) is 8.60. The van der Waals surface area contributed by atoms with Gasteiger partial charge in [0.05, 0.1) is 11.6 Å². The number of carbonyl (C=O) groups excluding carboxylic acids is 4. The summed E-state index contributed by atoms with van der Waals surface area (Å²) < 4.78 is 5.25. The molecule has 1 heterocycles. The summed E-state index contributed by atoms with van der Waals surface area (Å²) in [7, 11) is 0. The molecule has 0 bridgehead atoms. The molecule has 1 aliphatic heterocycles. The van der Waals surface area contributed by atoms with Crippen LogP contribution in [0.15, 0.2) is 91.0 Å². The van der Waals surface area contributed by atoms with Crippen LogP contribution in [0.5, 0.6) is 0 Å². The number of nitrogens with one attached hydrogen (secondary N) is 1. The predicted octanol–water partition coefficient (Wildman–Crippen LogP) is 4.35. The molecule has 0 atom stereocenters. The quantitative estimate of drug-likeness (QED) is 0.284. The molecule has 1 aliphatic rings. The van der Waals surface area contributed by atoms with E-state index < -0.39 is 18.5 Å². The lowest BCUT2D eigenvalue weighted by Crippen LogP contribution is -2.40. The number of rotatable bonds is 8. The maximum Gasteiger partial charge on any atom is 0.309 e. The summed E-state index contributed by atoms with van der Waals surface area (Å²) in [4.78, 5) is 52.0. The van der Waals surface area contributed by atoms with Crippen molar-refractivity contribution < 1.29 is 23.9 Å².